The number of carboxylic acid groups (broad SMARTS) is 1. The molecule has 0 fully saturated rings. The first-order valence-corrected chi connectivity index (χ1v) is 7.42. The summed E-state index contributed by atoms with van der Waals surface area (Å²) in [4.78, 5) is 22.8. The third-order valence-electron chi connectivity index (χ3n) is 3.67. The van der Waals surface area contributed by atoms with Crippen LogP contribution in [0.3, 0.4) is 0 Å². The van der Waals surface area contributed by atoms with Crippen molar-refractivity contribution >= 4 is 17.6 Å². The number of carbonyl (C=O) groups excluding carboxylic acids is 1. The number of anilines is 1. The van der Waals surface area contributed by atoms with Crippen molar-refractivity contribution in [2.75, 3.05) is 5.32 Å². The summed E-state index contributed by atoms with van der Waals surface area (Å²) in [7, 11) is 0. The van der Waals surface area contributed by atoms with Crippen molar-refractivity contribution in [2.24, 2.45) is 0 Å². The van der Waals surface area contributed by atoms with E-state index in [1.165, 1.54) is 12.0 Å². The Morgan fingerprint density at radius 2 is 2.00 bits per heavy atom. The lowest BCUT2D eigenvalue weighted by atomic mass is 9.97. The Balaban J connectivity index is 1.96. The number of aryl methyl sites for hydroxylation is 1. The summed E-state index contributed by atoms with van der Waals surface area (Å²) in [6.45, 7) is 0. The second-order valence-corrected chi connectivity index (χ2v) is 5.38. The van der Waals surface area contributed by atoms with Crippen LogP contribution in [0.1, 0.15) is 44.1 Å². The first-order chi connectivity index (χ1) is 10.1. The normalized spacial score (nSPS) is 14.4. The van der Waals surface area contributed by atoms with Crippen molar-refractivity contribution in [3.05, 3.63) is 41.5 Å². The number of aliphatic carboxylic acids is 1. The highest BCUT2D eigenvalue weighted by Crippen LogP contribution is 2.22. The SMILES string of the molecule is O=C(O)CCc1ccccc1NC(=O)CC1=CCCCC1. The van der Waals surface area contributed by atoms with E-state index in [0.29, 0.717) is 12.8 Å². The Hall–Kier alpha value is -2.10. The third kappa shape index (κ3) is 5.06. The molecule has 2 rings (SSSR count). The summed E-state index contributed by atoms with van der Waals surface area (Å²) in [6.07, 6.45) is 7.54. The van der Waals surface area contributed by atoms with Crippen molar-refractivity contribution in [3.63, 3.8) is 0 Å². The average Bonchev–Trinajstić information content (AvgIpc) is 2.47. The van der Waals surface area contributed by atoms with Gasteiger partial charge in [0.15, 0.2) is 0 Å². The molecule has 0 radical (unpaired) electrons. The molecule has 0 aliphatic heterocycles. The number of rotatable bonds is 6. The molecule has 1 aliphatic rings. The molecule has 0 spiro atoms. The molecule has 1 aliphatic carbocycles. The quantitative estimate of drug-likeness (QED) is 0.786. The number of hydrogen-bond donors (Lipinski definition) is 2. The molecule has 21 heavy (non-hydrogen) atoms. The highest BCUT2D eigenvalue weighted by molar-refractivity contribution is 5.93. The number of carboxylic acids is 1. The Labute approximate surface area is 124 Å². The minimum atomic E-state index is -0.830. The second-order valence-electron chi connectivity index (χ2n) is 5.38. The van der Waals surface area contributed by atoms with Crippen molar-refractivity contribution in [2.45, 2.75) is 44.9 Å². The topological polar surface area (TPSA) is 66.4 Å². The summed E-state index contributed by atoms with van der Waals surface area (Å²) in [5, 5.41) is 11.7. The van der Waals surface area contributed by atoms with Gasteiger partial charge in [-0.3, -0.25) is 9.59 Å². The van der Waals surface area contributed by atoms with Crippen molar-refractivity contribution in [3.8, 4) is 0 Å². The fourth-order valence-corrected chi connectivity index (χ4v) is 2.57. The van der Waals surface area contributed by atoms with Crippen LogP contribution in [-0.4, -0.2) is 17.0 Å². The Kier molecular flexibility index (Phi) is 5.55. The molecule has 0 unspecified atom stereocenters. The van der Waals surface area contributed by atoms with Gasteiger partial charge in [-0.25, -0.2) is 0 Å². The molecule has 0 aromatic heterocycles. The number of allylic oxidation sites excluding steroid dienone is 1. The van der Waals surface area contributed by atoms with E-state index in [1.807, 2.05) is 24.3 Å². The van der Waals surface area contributed by atoms with Gasteiger partial charge in [0.1, 0.15) is 0 Å². The minimum Gasteiger partial charge on any atom is -0.481 e. The van der Waals surface area contributed by atoms with Gasteiger partial charge >= 0.3 is 5.97 Å². The van der Waals surface area contributed by atoms with E-state index in [2.05, 4.69) is 11.4 Å². The fourth-order valence-electron chi connectivity index (χ4n) is 2.57. The molecule has 4 heteroatoms. The molecule has 1 amide bonds. The smallest absolute Gasteiger partial charge is 0.303 e. The maximum Gasteiger partial charge on any atom is 0.303 e. The van der Waals surface area contributed by atoms with Gasteiger partial charge in [0.25, 0.3) is 0 Å². The number of hydrogen-bond acceptors (Lipinski definition) is 2. The molecule has 1 aromatic rings. The molecular weight excluding hydrogens is 266 g/mol. The van der Waals surface area contributed by atoms with E-state index >= 15 is 0 Å². The monoisotopic (exact) mass is 287 g/mol. The van der Waals surface area contributed by atoms with E-state index in [4.69, 9.17) is 5.11 Å². The standard InChI is InChI=1S/C17H21NO3/c19-16(12-13-6-2-1-3-7-13)18-15-9-5-4-8-14(15)10-11-17(20)21/h4-6,8-9H,1-3,7,10-12H2,(H,18,19)(H,20,21). The number of benzene rings is 1. The second kappa shape index (κ2) is 7.62. The Bertz CT molecular complexity index is 549. The van der Waals surface area contributed by atoms with E-state index in [-0.39, 0.29) is 12.3 Å². The lowest BCUT2D eigenvalue weighted by Crippen LogP contribution is -2.14. The van der Waals surface area contributed by atoms with Gasteiger partial charge in [0.05, 0.1) is 0 Å². The van der Waals surface area contributed by atoms with Gasteiger partial charge < -0.3 is 10.4 Å². The fraction of sp³-hybridized carbons (Fsp3) is 0.412. The highest BCUT2D eigenvalue weighted by Gasteiger charge is 2.11. The van der Waals surface area contributed by atoms with Gasteiger partial charge in [-0.15, -0.1) is 0 Å². The summed E-state index contributed by atoms with van der Waals surface area (Å²) in [6, 6.07) is 7.39. The lowest BCUT2D eigenvalue weighted by molar-refractivity contribution is -0.136. The number of para-hydroxylation sites is 1. The van der Waals surface area contributed by atoms with Gasteiger partial charge in [0, 0.05) is 18.5 Å². The van der Waals surface area contributed by atoms with E-state index in [0.717, 1.165) is 30.5 Å². The number of nitrogens with one attached hydrogen (secondary N) is 1. The van der Waals surface area contributed by atoms with Crippen LogP contribution in [-0.2, 0) is 16.0 Å². The minimum absolute atomic E-state index is 0.0223. The molecule has 4 nitrogen and oxygen atoms in total. The van der Waals surface area contributed by atoms with Crippen molar-refractivity contribution in [1.82, 2.24) is 0 Å². The predicted octanol–water partition coefficient (Wildman–Crippen LogP) is 3.53. The molecule has 0 heterocycles. The maximum atomic E-state index is 12.1. The molecule has 2 N–H and O–H groups in total. The zero-order valence-corrected chi connectivity index (χ0v) is 12.1. The largest absolute Gasteiger partial charge is 0.481 e. The molecule has 112 valence electrons. The Morgan fingerprint density at radius 1 is 1.19 bits per heavy atom. The van der Waals surface area contributed by atoms with Gasteiger partial charge in [-0.1, -0.05) is 29.8 Å². The molecule has 0 saturated carbocycles. The zero-order valence-electron chi connectivity index (χ0n) is 12.1. The Morgan fingerprint density at radius 3 is 2.71 bits per heavy atom. The van der Waals surface area contributed by atoms with Crippen LogP contribution in [0.25, 0.3) is 0 Å². The van der Waals surface area contributed by atoms with Crippen LogP contribution in [0.4, 0.5) is 5.69 Å². The summed E-state index contributed by atoms with van der Waals surface area (Å²) >= 11 is 0. The van der Waals surface area contributed by atoms with E-state index in [9.17, 15) is 9.59 Å². The number of carbonyl (C=O) groups is 2. The number of amides is 1. The molecule has 0 atom stereocenters. The highest BCUT2D eigenvalue weighted by atomic mass is 16.4. The van der Waals surface area contributed by atoms with Gasteiger partial charge in [-0.2, -0.15) is 0 Å². The summed E-state index contributed by atoms with van der Waals surface area (Å²) < 4.78 is 0. The van der Waals surface area contributed by atoms with Crippen LogP contribution >= 0.6 is 0 Å². The van der Waals surface area contributed by atoms with E-state index in [1.54, 1.807) is 0 Å². The van der Waals surface area contributed by atoms with Crippen LogP contribution < -0.4 is 5.32 Å². The first kappa shape index (κ1) is 15.3. The van der Waals surface area contributed by atoms with Crippen LogP contribution in [0, 0.1) is 0 Å². The predicted molar refractivity (Wildman–Crippen MR) is 82.2 cm³/mol. The van der Waals surface area contributed by atoms with Crippen LogP contribution in [0.5, 0.6) is 0 Å². The van der Waals surface area contributed by atoms with Crippen molar-refractivity contribution < 1.29 is 14.7 Å². The van der Waals surface area contributed by atoms with Gasteiger partial charge in [-0.05, 0) is 43.7 Å². The first-order valence-electron chi connectivity index (χ1n) is 7.42. The maximum absolute atomic E-state index is 12.1. The molecule has 0 bridgehead atoms. The van der Waals surface area contributed by atoms with Gasteiger partial charge in [0.2, 0.25) is 5.91 Å². The molecular formula is C17H21NO3. The van der Waals surface area contributed by atoms with E-state index < -0.39 is 5.97 Å². The summed E-state index contributed by atoms with van der Waals surface area (Å²) in [5.41, 5.74) is 2.80. The lowest BCUT2D eigenvalue weighted by Gasteiger charge is -2.14. The average molecular weight is 287 g/mol. The van der Waals surface area contributed by atoms with Crippen molar-refractivity contribution in [1.29, 1.82) is 0 Å². The van der Waals surface area contributed by atoms with Crippen LogP contribution in [0.15, 0.2) is 35.9 Å². The molecule has 0 saturated heterocycles. The summed E-state index contributed by atoms with van der Waals surface area (Å²) in [5.74, 6) is -0.852. The zero-order chi connectivity index (χ0) is 15.1. The van der Waals surface area contributed by atoms with Crippen LogP contribution in [0.2, 0.25) is 0 Å². The third-order valence-corrected chi connectivity index (χ3v) is 3.67. The molecule has 1 aromatic carbocycles.